The third-order valence-electron chi connectivity index (χ3n) is 5.84. The summed E-state index contributed by atoms with van der Waals surface area (Å²) in [6, 6.07) is 27.4. The van der Waals surface area contributed by atoms with Gasteiger partial charge in [0.15, 0.2) is 0 Å². The molecule has 5 aromatic rings. The van der Waals surface area contributed by atoms with Crippen LogP contribution in [-0.2, 0) is 6.54 Å². The van der Waals surface area contributed by atoms with Crippen molar-refractivity contribution in [3.05, 3.63) is 118 Å². The van der Waals surface area contributed by atoms with E-state index in [1.54, 1.807) is 10.9 Å². The number of aromatic nitrogens is 4. The molecule has 1 amide bonds. The van der Waals surface area contributed by atoms with E-state index in [4.69, 9.17) is 5.10 Å². The first kappa shape index (κ1) is 22.8. The van der Waals surface area contributed by atoms with E-state index >= 15 is 0 Å². The van der Waals surface area contributed by atoms with Gasteiger partial charge in [0.1, 0.15) is 5.69 Å². The smallest absolute Gasteiger partial charge is 0.259 e. The minimum Gasteiger partial charge on any atom is -0.322 e. The Hall–Kier alpha value is -3.97. The molecule has 0 spiro atoms. The van der Waals surface area contributed by atoms with Crippen molar-refractivity contribution in [2.24, 2.45) is 0 Å². The molecule has 7 heteroatoms. The topological polar surface area (TPSA) is 64.7 Å². The van der Waals surface area contributed by atoms with Gasteiger partial charge in [-0.3, -0.25) is 9.48 Å². The molecule has 0 atom stereocenters. The number of amides is 1. The zero-order chi connectivity index (χ0) is 24.4. The summed E-state index contributed by atoms with van der Waals surface area (Å²) in [5, 5.41) is 12.4. The lowest BCUT2D eigenvalue weighted by Gasteiger charge is -2.09. The summed E-state index contributed by atoms with van der Waals surface area (Å²) in [7, 11) is 0. The van der Waals surface area contributed by atoms with Gasteiger partial charge in [-0.2, -0.15) is 10.2 Å². The van der Waals surface area contributed by atoms with Gasteiger partial charge in [-0.15, -0.1) is 0 Å². The maximum atomic E-state index is 13.4. The Morgan fingerprint density at radius 1 is 0.914 bits per heavy atom. The lowest BCUT2D eigenvalue weighted by atomic mass is 10.1. The van der Waals surface area contributed by atoms with Crippen LogP contribution in [0.2, 0.25) is 0 Å². The van der Waals surface area contributed by atoms with Crippen molar-refractivity contribution in [3.8, 4) is 16.9 Å². The van der Waals surface area contributed by atoms with Crippen molar-refractivity contribution in [2.75, 3.05) is 5.32 Å². The van der Waals surface area contributed by atoms with Gasteiger partial charge in [0, 0.05) is 17.4 Å². The fourth-order valence-electron chi connectivity index (χ4n) is 4.01. The molecule has 3 aromatic carbocycles. The van der Waals surface area contributed by atoms with Crippen molar-refractivity contribution in [1.29, 1.82) is 0 Å². The number of hydrogen-bond acceptors (Lipinski definition) is 3. The number of benzene rings is 3. The summed E-state index contributed by atoms with van der Waals surface area (Å²) in [4.78, 5) is 13.4. The van der Waals surface area contributed by atoms with Crippen LogP contribution in [0.1, 0.15) is 27.3 Å². The van der Waals surface area contributed by atoms with Crippen LogP contribution >= 0.6 is 15.9 Å². The number of halogens is 1. The minimum atomic E-state index is -0.211. The summed E-state index contributed by atoms with van der Waals surface area (Å²) in [5.74, 6) is -0.211. The molecule has 6 nitrogen and oxygen atoms in total. The number of anilines is 1. The van der Waals surface area contributed by atoms with E-state index in [0.717, 1.165) is 38.4 Å². The zero-order valence-electron chi connectivity index (χ0n) is 19.4. The van der Waals surface area contributed by atoms with Crippen molar-refractivity contribution in [2.45, 2.75) is 20.4 Å². The van der Waals surface area contributed by atoms with Gasteiger partial charge in [0.25, 0.3) is 5.91 Å². The van der Waals surface area contributed by atoms with Crippen molar-refractivity contribution in [1.82, 2.24) is 19.6 Å². The standard InChI is InChI=1S/C28H24BrN5O/c1-19-26(29)20(2)33(31-19)17-21-10-9-13-23(16-21)30-28(35)25-18-34(24-14-7-4-8-15-24)32-27(25)22-11-5-3-6-12-22/h3-16,18H,17H2,1-2H3,(H,30,35). The Bertz CT molecular complexity index is 1490. The van der Waals surface area contributed by atoms with Gasteiger partial charge in [0.2, 0.25) is 0 Å². The molecule has 0 aliphatic carbocycles. The summed E-state index contributed by atoms with van der Waals surface area (Å²) in [5.41, 5.74) is 6.71. The number of rotatable bonds is 6. The summed E-state index contributed by atoms with van der Waals surface area (Å²) >= 11 is 3.58. The van der Waals surface area contributed by atoms with E-state index < -0.39 is 0 Å². The lowest BCUT2D eigenvalue weighted by Crippen LogP contribution is -2.13. The highest BCUT2D eigenvalue weighted by Crippen LogP contribution is 2.25. The number of carbonyl (C=O) groups is 1. The number of hydrogen-bond donors (Lipinski definition) is 1. The predicted molar refractivity (Wildman–Crippen MR) is 142 cm³/mol. The van der Waals surface area contributed by atoms with Crippen LogP contribution in [0, 0.1) is 13.8 Å². The first-order chi connectivity index (χ1) is 17.0. The van der Waals surface area contributed by atoms with Crippen LogP contribution in [0.15, 0.2) is 95.6 Å². The van der Waals surface area contributed by atoms with E-state index in [2.05, 4.69) is 26.3 Å². The van der Waals surface area contributed by atoms with Crippen molar-refractivity contribution in [3.63, 3.8) is 0 Å². The molecule has 0 fully saturated rings. The summed E-state index contributed by atoms with van der Waals surface area (Å²) < 4.78 is 4.72. The first-order valence-corrected chi connectivity index (χ1v) is 12.1. The maximum Gasteiger partial charge on any atom is 0.259 e. The molecule has 0 aliphatic heterocycles. The highest BCUT2D eigenvalue weighted by molar-refractivity contribution is 9.10. The highest BCUT2D eigenvalue weighted by Gasteiger charge is 2.19. The maximum absolute atomic E-state index is 13.4. The largest absolute Gasteiger partial charge is 0.322 e. The third kappa shape index (κ3) is 4.81. The Kier molecular flexibility index (Phi) is 6.33. The fourth-order valence-corrected chi connectivity index (χ4v) is 4.29. The molecule has 0 saturated carbocycles. The van der Waals surface area contributed by atoms with Crippen molar-refractivity contribution < 1.29 is 4.79 Å². The van der Waals surface area contributed by atoms with Gasteiger partial charge < -0.3 is 5.32 Å². The van der Waals surface area contributed by atoms with Gasteiger partial charge in [-0.1, -0.05) is 60.7 Å². The molecule has 0 bridgehead atoms. The number of para-hydroxylation sites is 1. The second-order valence-electron chi connectivity index (χ2n) is 8.33. The average Bonchev–Trinajstić information content (AvgIpc) is 3.43. The molecule has 2 heterocycles. The molecule has 5 rings (SSSR count). The Balaban J connectivity index is 1.44. The SMILES string of the molecule is Cc1nn(Cc2cccc(NC(=O)c3cn(-c4ccccc4)nc3-c3ccccc3)c2)c(C)c1Br. The molecule has 0 aliphatic rings. The second kappa shape index (κ2) is 9.72. The Labute approximate surface area is 212 Å². The fraction of sp³-hybridized carbons (Fsp3) is 0.107. The van der Waals surface area contributed by atoms with Gasteiger partial charge in [-0.25, -0.2) is 4.68 Å². The number of nitrogens with one attached hydrogen (secondary N) is 1. The Morgan fingerprint density at radius 2 is 1.63 bits per heavy atom. The third-order valence-corrected chi connectivity index (χ3v) is 6.98. The van der Waals surface area contributed by atoms with Gasteiger partial charge in [0.05, 0.1) is 33.7 Å². The van der Waals surface area contributed by atoms with Crippen LogP contribution in [0.4, 0.5) is 5.69 Å². The molecule has 1 N–H and O–H groups in total. The predicted octanol–water partition coefficient (Wildman–Crippen LogP) is 6.42. The van der Waals surface area contributed by atoms with Crippen LogP contribution in [-0.4, -0.2) is 25.5 Å². The van der Waals surface area contributed by atoms with Crippen LogP contribution in [0.5, 0.6) is 0 Å². The lowest BCUT2D eigenvalue weighted by molar-refractivity contribution is 0.102. The monoisotopic (exact) mass is 525 g/mol. The molecule has 174 valence electrons. The number of carbonyl (C=O) groups excluding carboxylic acids is 1. The number of aryl methyl sites for hydroxylation is 1. The van der Waals surface area contributed by atoms with Gasteiger partial charge in [-0.05, 0) is 59.6 Å². The normalized spacial score (nSPS) is 10.9. The number of nitrogens with zero attached hydrogens (tertiary/aromatic N) is 4. The highest BCUT2D eigenvalue weighted by atomic mass is 79.9. The summed E-state index contributed by atoms with van der Waals surface area (Å²) in [6.45, 7) is 4.62. The van der Waals surface area contributed by atoms with E-state index in [0.29, 0.717) is 17.8 Å². The zero-order valence-corrected chi connectivity index (χ0v) is 21.0. The molecule has 0 radical (unpaired) electrons. The van der Waals surface area contributed by atoms with Crippen LogP contribution in [0.3, 0.4) is 0 Å². The Morgan fingerprint density at radius 3 is 2.31 bits per heavy atom. The van der Waals surface area contributed by atoms with E-state index in [1.807, 2.05) is 103 Å². The average molecular weight is 526 g/mol. The molecule has 0 saturated heterocycles. The minimum absolute atomic E-state index is 0.211. The molecular weight excluding hydrogens is 502 g/mol. The van der Waals surface area contributed by atoms with Crippen LogP contribution < -0.4 is 5.32 Å². The molecule has 2 aromatic heterocycles. The van der Waals surface area contributed by atoms with E-state index in [-0.39, 0.29) is 5.91 Å². The first-order valence-electron chi connectivity index (χ1n) is 11.3. The molecular formula is C28H24BrN5O. The van der Waals surface area contributed by atoms with E-state index in [1.165, 1.54) is 0 Å². The van der Waals surface area contributed by atoms with Gasteiger partial charge >= 0.3 is 0 Å². The molecule has 35 heavy (non-hydrogen) atoms. The van der Waals surface area contributed by atoms with E-state index in [9.17, 15) is 4.79 Å². The van der Waals surface area contributed by atoms with Crippen molar-refractivity contribution >= 4 is 27.5 Å². The summed E-state index contributed by atoms with van der Waals surface area (Å²) in [6.07, 6.45) is 1.78. The molecule has 0 unspecified atom stereocenters. The quantitative estimate of drug-likeness (QED) is 0.278. The second-order valence-corrected chi connectivity index (χ2v) is 9.13. The van der Waals surface area contributed by atoms with Crippen LogP contribution in [0.25, 0.3) is 16.9 Å².